The molecule has 0 radical (unpaired) electrons. The van der Waals surface area contributed by atoms with Crippen LogP contribution in [0.5, 0.6) is 0 Å². The summed E-state index contributed by atoms with van der Waals surface area (Å²) in [7, 11) is 0. The number of hydrogen-bond acceptors (Lipinski definition) is 3. The van der Waals surface area contributed by atoms with Crippen LogP contribution >= 0.6 is 11.6 Å². The molecule has 3 aromatic rings. The van der Waals surface area contributed by atoms with Gasteiger partial charge in [-0.2, -0.15) is 0 Å². The van der Waals surface area contributed by atoms with Gasteiger partial charge in [0.15, 0.2) is 5.82 Å². The second-order valence-electron chi connectivity index (χ2n) is 8.83. The molecule has 1 aromatic heterocycles. The quantitative estimate of drug-likeness (QED) is 0.629. The first-order valence-electron chi connectivity index (χ1n) is 10.3. The zero-order valence-electron chi connectivity index (χ0n) is 17.8. The molecule has 0 bridgehead atoms. The van der Waals surface area contributed by atoms with E-state index >= 15 is 0 Å². The lowest BCUT2D eigenvalue weighted by Gasteiger charge is -2.20. The standard InChI is InChI=1S/C24H25ClN4O2/c1-24(2,3)17-6-4-5-15(11-17)20-13-21(27-23(31)16-12-22(30)26-14-16)28-29(20)19-9-7-18(25)8-10-19/h4-11,13,16H,12,14H2,1-3H3,(H,26,30)(H,27,28,31)/t16-/m1/s1. The summed E-state index contributed by atoms with van der Waals surface area (Å²) < 4.78 is 1.80. The molecule has 2 heterocycles. The van der Waals surface area contributed by atoms with E-state index in [4.69, 9.17) is 11.6 Å². The number of hydrogen-bond donors (Lipinski definition) is 2. The van der Waals surface area contributed by atoms with Gasteiger partial charge in [-0.1, -0.05) is 50.6 Å². The largest absolute Gasteiger partial charge is 0.355 e. The van der Waals surface area contributed by atoms with Crippen LogP contribution in [0.15, 0.2) is 54.6 Å². The highest BCUT2D eigenvalue weighted by molar-refractivity contribution is 6.30. The average molecular weight is 437 g/mol. The smallest absolute Gasteiger partial charge is 0.230 e. The molecular formula is C24H25ClN4O2. The van der Waals surface area contributed by atoms with Crippen LogP contribution in [0.3, 0.4) is 0 Å². The van der Waals surface area contributed by atoms with Crippen molar-refractivity contribution >= 4 is 29.2 Å². The Morgan fingerprint density at radius 1 is 1.16 bits per heavy atom. The van der Waals surface area contributed by atoms with Crippen molar-refractivity contribution in [2.75, 3.05) is 11.9 Å². The molecule has 2 N–H and O–H groups in total. The number of carbonyl (C=O) groups excluding carboxylic acids is 2. The fourth-order valence-corrected chi connectivity index (χ4v) is 3.72. The van der Waals surface area contributed by atoms with Gasteiger partial charge in [0.1, 0.15) is 0 Å². The summed E-state index contributed by atoms with van der Waals surface area (Å²) in [5.41, 5.74) is 3.88. The van der Waals surface area contributed by atoms with Crippen molar-refractivity contribution in [2.24, 2.45) is 5.92 Å². The fourth-order valence-electron chi connectivity index (χ4n) is 3.59. The lowest BCUT2D eigenvalue weighted by molar-refractivity contribution is -0.123. The maximum Gasteiger partial charge on any atom is 0.230 e. The fraction of sp³-hybridized carbons (Fsp3) is 0.292. The highest BCUT2D eigenvalue weighted by Crippen LogP contribution is 2.31. The third-order valence-electron chi connectivity index (χ3n) is 5.40. The van der Waals surface area contributed by atoms with Crippen LogP contribution in [0.4, 0.5) is 5.82 Å². The van der Waals surface area contributed by atoms with E-state index < -0.39 is 0 Å². The van der Waals surface area contributed by atoms with Gasteiger partial charge >= 0.3 is 0 Å². The Bertz CT molecular complexity index is 1130. The molecule has 0 aliphatic carbocycles. The van der Waals surface area contributed by atoms with Gasteiger partial charge < -0.3 is 10.6 Å². The molecule has 6 nitrogen and oxygen atoms in total. The molecule has 31 heavy (non-hydrogen) atoms. The minimum Gasteiger partial charge on any atom is -0.355 e. The number of carbonyl (C=O) groups is 2. The van der Waals surface area contributed by atoms with Gasteiger partial charge in [-0.15, -0.1) is 5.10 Å². The molecule has 0 saturated carbocycles. The van der Waals surface area contributed by atoms with Crippen molar-refractivity contribution in [2.45, 2.75) is 32.6 Å². The number of halogens is 1. The lowest BCUT2D eigenvalue weighted by atomic mass is 9.86. The summed E-state index contributed by atoms with van der Waals surface area (Å²) >= 11 is 6.07. The predicted molar refractivity (Wildman–Crippen MR) is 122 cm³/mol. The Morgan fingerprint density at radius 2 is 1.90 bits per heavy atom. The third kappa shape index (κ3) is 4.64. The van der Waals surface area contributed by atoms with Crippen molar-refractivity contribution in [3.63, 3.8) is 0 Å². The van der Waals surface area contributed by atoms with Crippen LogP contribution in [0, 0.1) is 5.92 Å². The van der Waals surface area contributed by atoms with E-state index in [9.17, 15) is 9.59 Å². The van der Waals surface area contributed by atoms with E-state index in [0.717, 1.165) is 16.9 Å². The summed E-state index contributed by atoms with van der Waals surface area (Å²) in [6, 6.07) is 17.6. The van der Waals surface area contributed by atoms with Crippen molar-refractivity contribution in [3.8, 4) is 16.9 Å². The minimum absolute atomic E-state index is 0.000189. The normalized spacial score (nSPS) is 16.3. The first-order valence-corrected chi connectivity index (χ1v) is 10.6. The van der Waals surface area contributed by atoms with Crippen LogP contribution in [0.2, 0.25) is 5.02 Å². The molecule has 160 valence electrons. The van der Waals surface area contributed by atoms with Gasteiger partial charge in [0.25, 0.3) is 0 Å². The molecule has 0 spiro atoms. The molecule has 1 aliphatic heterocycles. The summed E-state index contributed by atoms with van der Waals surface area (Å²) in [6.45, 7) is 6.87. The predicted octanol–water partition coefficient (Wildman–Crippen LogP) is 4.56. The van der Waals surface area contributed by atoms with E-state index in [-0.39, 0.29) is 29.6 Å². The van der Waals surface area contributed by atoms with Gasteiger partial charge in [-0.25, -0.2) is 4.68 Å². The van der Waals surface area contributed by atoms with E-state index in [1.54, 1.807) is 4.68 Å². The van der Waals surface area contributed by atoms with Crippen molar-refractivity contribution < 1.29 is 9.59 Å². The zero-order valence-corrected chi connectivity index (χ0v) is 18.5. The van der Waals surface area contributed by atoms with Crippen molar-refractivity contribution in [1.82, 2.24) is 15.1 Å². The summed E-state index contributed by atoms with van der Waals surface area (Å²) in [5.74, 6) is -0.267. The molecular weight excluding hydrogens is 412 g/mol. The van der Waals surface area contributed by atoms with Gasteiger partial charge in [0, 0.05) is 29.6 Å². The first kappa shape index (κ1) is 21.1. The Morgan fingerprint density at radius 3 is 2.55 bits per heavy atom. The summed E-state index contributed by atoms with van der Waals surface area (Å²) in [6.07, 6.45) is 0.199. The number of rotatable bonds is 4. The van der Waals surface area contributed by atoms with Gasteiger partial charge in [0.2, 0.25) is 11.8 Å². The molecule has 1 fully saturated rings. The molecule has 7 heteroatoms. The van der Waals surface area contributed by atoms with Crippen LogP contribution in [-0.2, 0) is 15.0 Å². The summed E-state index contributed by atoms with van der Waals surface area (Å²) in [4.78, 5) is 24.1. The van der Waals surface area contributed by atoms with Crippen LogP contribution in [0.1, 0.15) is 32.8 Å². The highest BCUT2D eigenvalue weighted by atomic mass is 35.5. The van der Waals surface area contributed by atoms with Crippen molar-refractivity contribution in [1.29, 1.82) is 0 Å². The minimum atomic E-state index is -0.388. The number of nitrogens with one attached hydrogen (secondary N) is 2. The van der Waals surface area contributed by atoms with Gasteiger partial charge in [-0.3, -0.25) is 9.59 Å². The Hall–Kier alpha value is -3.12. The maximum absolute atomic E-state index is 12.6. The number of anilines is 1. The van der Waals surface area contributed by atoms with Crippen molar-refractivity contribution in [3.05, 3.63) is 65.2 Å². The number of amides is 2. The summed E-state index contributed by atoms with van der Waals surface area (Å²) in [5, 5.41) is 10.8. The Kier molecular flexibility index (Phi) is 5.58. The molecule has 1 aliphatic rings. The topological polar surface area (TPSA) is 76.0 Å². The molecule has 0 unspecified atom stereocenters. The van der Waals surface area contributed by atoms with Crippen LogP contribution in [0.25, 0.3) is 16.9 Å². The first-order chi connectivity index (χ1) is 14.7. The van der Waals surface area contributed by atoms with E-state index in [0.29, 0.717) is 17.4 Å². The second kappa shape index (κ2) is 8.19. The highest BCUT2D eigenvalue weighted by Gasteiger charge is 2.28. The maximum atomic E-state index is 12.6. The van der Waals surface area contributed by atoms with E-state index in [2.05, 4.69) is 48.6 Å². The third-order valence-corrected chi connectivity index (χ3v) is 5.66. The van der Waals surface area contributed by atoms with Gasteiger partial charge in [-0.05, 0) is 41.3 Å². The average Bonchev–Trinajstić information content (AvgIpc) is 3.34. The van der Waals surface area contributed by atoms with E-state index in [1.807, 2.05) is 42.5 Å². The number of nitrogens with zero attached hydrogens (tertiary/aromatic N) is 2. The van der Waals surface area contributed by atoms with E-state index in [1.165, 1.54) is 5.56 Å². The molecule has 4 rings (SSSR count). The van der Waals surface area contributed by atoms with Crippen LogP contribution in [-0.4, -0.2) is 28.1 Å². The molecule has 1 atom stereocenters. The zero-order chi connectivity index (χ0) is 22.2. The second-order valence-corrected chi connectivity index (χ2v) is 9.26. The Labute approximate surface area is 186 Å². The lowest BCUT2D eigenvalue weighted by Crippen LogP contribution is -2.24. The number of aromatic nitrogens is 2. The SMILES string of the molecule is CC(C)(C)c1cccc(-c2cc(NC(=O)[C@H]3CNC(=O)C3)nn2-c2ccc(Cl)cc2)c1. The number of benzene rings is 2. The van der Waals surface area contributed by atoms with Gasteiger partial charge in [0.05, 0.1) is 17.3 Å². The molecule has 2 aromatic carbocycles. The Balaban J connectivity index is 1.73. The molecule has 1 saturated heterocycles. The van der Waals surface area contributed by atoms with Crippen LogP contribution < -0.4 is 10.6 Å². The molecule has 2 amide bonds. The monoisotopic (exact) mass is 436 g/mol.